The van der Waals surface area contributed by atoms with Crippen molar-refractivity contribution in [1.29, 1.82) is 0 Å². The lowest BCUT2D eigenvalue weighted by Gasteiger charge is -2.32. The molecular formula is C13H21F3INO. The SMILES string of the molecule is O=C(NCCCCCI)C1CCCCC1C(F)(F)F. The third-order valence-electron chi connectivity index (χ3n) is 3.63. The van der Waals surface area contributed by atoms with Crippen LogP contribution < -0.4 is 5.32 Å². The van der Waals surface area contributed by atoms with Gasteiger partial charge in [0.25, 0.3) is 0 Å². The minimum absolute atomic E-state index is 0.0937. The second-order valence-corrected chi connectivity index (χ2v) is 6.16. The number of hydrogen-bond donors (Lipinski definition) is 1. The average Bonchev–Trinajstić information content (AvgIpc) is 2.37. The molecular weight excluding hydrogens is 370 g/mol. The summed E-state index contributed by atoms with van der Waals surface area (Å²) in [4.78, 5) is 11.9. The molecule has 6 heteroatoms. The molecule has 1 saturated carbocycles. The van der Waals surface area contributed by atoms with Gasteiger partial charge in [-0.1, -0.05) is 41.9 Å². The molecule has 0 aliphatic heterocycles. The van der Waals surface area contributed by atoms with E-state index in [1.165, 1.54) is 0 Å². The quantitative estimate of drug-likeness (QED) is 0.413. The summed E-state index contributed by atoms with van der Waals surface area (Å²) < 4.78 is 39.7. The Morgan fingerprint density at radius 2 is 1.84 bits per heavy atom. The van der Waals surface area contributed by atoms with Crippen LogP contribution in [0.2, 0.25) is 0 Å². The van der Waals surface area contributed by atoms with Crippen molar-refractivity contribution in [2.75, 3.05) is 11.0 Å². The van der Waals surface area contributed by atoms with Crippen LogP contribution in [-0.4, -0.2) is 23.1 Å². The topological polar surface area (TPSA) is 29.1 Å². The minimum atomic E-state index is -4.25. The van der Waals surface area contributed by atoms with Gasteiger partial charge in [-0.15, -0.1) is 0 Å². The molecule has 0 aromatic heterocycles. The fourth-order valence-corrected chi connectivity index (χ4v) is 3.11. The van der Waals surface area contributed by atoms with Crippen LogP contribution in [-0.2, 0) is 4.79 Å². The first kappa shape index (κ1) is 17.0. The number of amides is 1. The number of halogens is 4. The molecule has 0 aromatic carbocycles. The van der Waals surface area contributed by atoms with Crippen LogP contribution in [0.15, 0.2) is 0 Å². The van der Waals surface area contributed by atoms with Crippen molar-refractivity contribution < 1.29 is 18.0 Å². The zero-order valence-corrected chi connectivity index (χ0v) is 13.1. The van der Waals surface area contributed by atoms with E-state index >= 15 is 0 Å². The molecule has 1 aliphatic carbocycles. The predicted molar refractivity (Wildman–Crippen MR) is 77.3 cm³/mol. The van der Waals surface area contributed by atoms with E-state index in [0.29, 0.717) is 19.4 Å². The molecule has 1 fully saturated rings. The zero-order valence-electron chi connectivity index (χ0n) is 10.9. The third kappa shape index (κ3) is 5.87. The second-order valence-electron chi connectivity index (χ2n) is 5.08. The summed E-state index contributed by atoms with van der Waals surface area (Å²) in [5.41, 5.74) is 0. The van der Waals surface area contributed by atoms with Crippen LogP contribution in [0.4, 0.5) is 13.2 Å². The largest absolute Gasteiger partial charge is 0.392 e. The van der Waals surface area contributed by atoms with Gasteiger partial charge in [0, 0.05) is 12.5 Å². The summed E-state index contributed by atoms with van der Waals surface area (Å²) in [6.45, 7) is 0.497. The van der Waals surface area contributed by atoms with Crippen LogP contribution in [0.25, 0.3) is 0 Å². The number of carbonyl (C=O) groups is 1. The Labute approximate surface area is 126 Å². The highest BCUT2D eigenvalue weighted by molar-refractivity contribution is 14.1. The molecule has 0 bridgehead atoms. The molecule has 1 amide bonds. The highest BCUT2D eigenvalue weighted by atomic mass is 127. The number of hydrogen-bond acceptors (Lipinski definition) is 1. The molecule has 0 saturated heterocycles. The Morgan fingerprint density at radius 1 is 1.16 bits per heavy atom. The standard InChI is InChI=1S/C13H21F3INO/c14-13(15,16)11-7-3-2-6-10(11)12(19)18-9-5-1-4-8-17/h10-11H,1-9H2,(H,18,19). The van der Waals surface area contributed by atoms with E-state index in [0.717, 1.165) is 30.1 Å². The fraction of sp³-hybridized carbons (Fsp3) is 0.923. The van der Waals surface area contributed by atoms with Crippen molar-refractivity contribution in [2.24, 2.45) is 11.8 Å². The molecule has 2 atom stereocenters. The van der Waals surface area contributed by atoms with Crippen LogP contribution >= 0.6 is 22.6 Å². The summed E-state index contributed by atoms with van der Waals surface area (Å²) in [5.74, 6) is -2.73. The van der Waals surface area contributed by atoms with Crippen molar-refractivity contribution in [3.05, 3.63) is 0 Å². The first-order valence-corrected chi connectivity index (χ1v) is 8.39. The Balaban J connectivity index is 2.40. The van der Waals surface area contributed by atoms with E-state index in [9.17, 15) is 18.0 Å². The van der Waals surface area contributed by atoms with Crippen LogP contribution in [0, 0.1) is 11.8 Å². The molecule has 1 N–H and O–H groups in total. The monoisotopic (exact) mass is 391 g/mol. The minimum Gasteiger partial charge on any atom is -0.356 e. The smallest absolute Gasteiger partial charge is 0.356 e. The van der Waals surface area contributed by atoms with Gasteiger partial charge in [0.1, 0.15) is 0 Å². The van der Waals surface area contributed by atoms with Crippen molar-refractivity contribution in [3.8, 4) is 0 Å². The van der Waals surface area contributed by atoms with Crippen molar-refractivity contribution in [2.45, 2.75) is 51.1 Å². The molecule has 19 heavy (non-hydrogen) atoms. The van der Waals surface area contributed by atoms with Crippen LogP contribution in [0.3, 0.4) is 0 Å². The molecule has 1 aliphatic rings. The summed E-state index contributed by atoms with van der Waals surface area (Å²) in [5, 5.41) is 2.67. The lowest BCUT2D eigenvalue weighted by Crippen LogP contribution is -2.42. The molecule has 1 rings (SSSR count). The number of alkyl halides is 4. The molecule has 0 heterocycles. The van der Waals surface area contributed by atoms with E-state index in [-0.39, 0.29) is 6.42 Å². The summed E-state index contributed by atoms with van der Waals surface area (Å²) in [7, 11) is 0. The lowest BCUT2D eigenvalue weighted by atomic mass is 9.78. The lowest BCUT2D eigenvalue weighted by molar-refractivity contribution is -0.198. The van der Waals surface area contributed by atoms with E-state index in [1.807, 2.05) is 0 Å². The molecule has 0 aromatic rings. The molecule has 0 radical (unpaired) electrons. The van der Waals surface area contributed by atoms with Gasteiger partial charge >= 0.3 is 6.18 Å². The van der Waals surface area contributed by atoms with E-state index in [2.05, 4.69) is 27.9 Å². The van der Waals surface area contributed by atoms with Crippen molar-refractivity contribution in [3.63, 3.8) is 0 Å². The number of carbonyl (C=O) groups excluding carboxylic acids is 1. The zero-order chi connectivity index (χ0) is 14.3. The molecule has 2 nitrogen and oxygen atoms in total. The second kappa shape index (κ2) is 8.32. The van der Waals surface area contributed by atoms with Crippen LogP contribution in [0.1, 0.15) is 44.9 Å². The highest BCUT2D eigenvalue weighted by Crippen LogP contribution is 2.41. The van der Waals surface area contributed by atoms with E-state index in [1.54, 1.807) is 0 Å². The maximum absolute atomic E-state index is 12.9. The first-order chi connectivity index (χ1) is 8.96. The van der Waals surface area contributed by atoms with Gasteiger partial charge in [-0.25, -0.2) is 0 Å². The summed E-state index contributed by atoms with van der Waals surface area (Å²) >= 11 is 2.29. The fourth-order valence-electron chi connectivity index (χ4n) is 2.58. The van der Waals surface area contributed by atoms with Gasteiger partial charge in [-0.05, 0) is 30.1 Å². The number of nitrogens with one attached hydrogen (secondary N) is 1. The molecule has 112 valence electrons. The summed E-state index contributed by atoms with van der Waals surface area (Å²) in [6, 6.07) is 0. The van der Waals surface area contributed by atoms with Crippen LogP contribution in [0.5, 0.6) is 0 Å². The predicted octanol–water partition coefficient (Wildman–Crippen LogP) is 4.08. The van der Waals surface area contributed by atoms with Gasteiger partial charge in [0.05, 0.1) is 5.92 Å². The average molecular weight is 391 g/mol. The Hall–Kier alpha value is -0.0100. The van der Waals surface area contributed by atoms with Gasteiger partial charge < -0.3 is 5.32 Å². The molecule has 2 unspecified atom stereocenters. The molecule has 0 spiro atoms. The van der Waals surface area contributed by atoms with Gasteiger partial charge in [0.2, 0.25) is 5.91 Å². The number of unbranched alkanes of at least 4 members (excludes halogenated alkanes) is 2. The normalized spacial score (nSPS) is 24.2. The number of rotatable bonds is 6. The van der Waals surface area contributed by atoms with E-state index < -0.39 is 23.9 Å². The van der Waals surface area contributed by atoms with Gasteiger partial charge in [0.15, 0.2) is 0 Å². The van der Waals surface area contributed by atoms with Gasteiger partial charge in [-0.2, -0.15) is 13.2 Å². The Bertz CT molecular complexity index is 284. The maximum Gasteiger partial charge on any atom is 0.392 e. The Kier molecular flexibility index (Phi) is 7.46. The first-order valence-electron chi connectivity index (χ1n) is 6.87. The summed E-state index contributed by atoms with van der Waals surface area (Å²) in [6.07, 6.45) is 0.451. The highest BCUT2D eigenvalue weighted by Gasteiger charge is 2.47. The maximum atomic E-state index is 12.9. The Morgan fingerprint density at radius 3 is 2.47 bits per heavy atom. The third-order valence-corrected chi connectivity index (χ3v) is 4.40. The van der Waals surface area contributed by atoms with Crippen molar-refractivity contribution in [1.82, 2.24) is 5.32 Å². The van der Waals surface area contributed by atoms with Gasteiger partial charge in [-0.3, -0.25) is 4.79 Å². The van der Waals surface area contributed by atoms with E-state index in [4.69, 9.17) is 0 Å². The van der Waals surface area contributed by atoms with Crippen molar-refractivity contribution >= 4 is 28.5 Å².